The number of esters is 1. The van der Waals surface area contributed by atoms with E-state index < -0.39 is 6.10 Å². The number of fused-ring (bicyclic) bond motifs is 1. The quantitative estimate of drug-likeness (QED) is 0.611. The van der Waals surface area contributed by atoms with Crippen LogP contribution in [-0.2, 0) is 9.53 Å². The summed E-state index contributed by atoms with van der Waals surface area (Å²) in [5.74, 6) is 1.03. The predicted octanol–water partition coefficient (Wildman–Crippen LogP) is 5.25. The van der Waals surface area contributed by atoms with Crippen LogP contribution in [0.5, 0.6) is 5.75 Å². The van der Waals surface area contributed by atoms with E-state index in [9.17, 15) is 4.79 Å². The van der Waals surface area contributed by atoms with Gasteiger partial charge in [0.2, 0.25) is 6.10 Å². The van der Waals surface area contributed by atoms with Crippen molar-refractivity contribution in [2.75, 3.05) is 6.61 Å². The zero-order chi connectivity index (χ0) is 17.5. The zero-order valence-corrected chi connectivity index (χ0v) is 15.2. The molecule has 0 unspecified atom stereocenters. The van der Waals surface area contributed by atoms with Crippen LogP contribution in [0.1, 0.15) is 58.4 Å². The molecule has 3 heteroatoms. The summed E-state index contributed by atoms with van der Waals surface area (Å²) in [4.78, 5) is 12.5. The summed E-state index contributed by atoms with van der Waals surface area (Å²) >= 11 is 0. The summed E-state index contributed by atoms with van der Waals surface area (Å²) in [6.07, 6.45) is 5.06. The van der Waals surface area contributed by atoms with Crippen LogP contribution >= 0.6 is 0 Å². The molecular formula is C21H30O3. The zero-order valence-electron chi connectivity index (χ0n) is 15.2. The smallest absolute Gasteiger partial charge is 0.347 e. The van der Waals surface area contributed by atoms with Gasteiger partial charge in [-0.05, 0) is 30.9 Å². The van der Waals surface area contributed by atoms with Gasteiger partial charge in [-0.3, -0.25) is 0 Å². The van der Waals surface area contributed by atoms with Gasteiger partial charge in [-0.2, -0.15) is 0 Å². The van der Waals surface area contributed by atoms with Crippen LogP contribution in [0, 0.1) is 11.8 Å². The number of unbranched alkanes of at least 4 members (excludes halogenated alkanes) is 1. The minimum absolute atomic E-state index is 0.0132. The Morgan fingerprint density at radius 3 is 2.71 bits per heavy atom. The third-order valence-corrected chi connectivity index (χ3v) is 4.95. The van der Waals surface area contributed by atoms with Crippen molar-refractivity contribution >= 4 is 11.5 Å². The van der Waals surface area contributed by atoms with E-state index in [0.717, 1.165) is 29.7 Å². The number of carbonyl (C=O) groups is 1. The van der Waals surface area contributed by atoms with Crippen molar-refractivity contribution in [2.45, 2.75) is 59.0 Å². The highest BCUT2D eigenvalue weighted by Gasteiger charge is 2.39. The second kappa shape index (κ2) is 8.91. The van der Waals surface area contributed by atoms with Gasteiger partial charge in [0.1, 0.15) is 5.75 Å². The molecule has 0 fully saturated rings. The maximum Gasteiger partial charge on any atom is 0.347 e. The molecule has 2 rings (SSSR count). The standard InChI is InChI=1S/C21H30O3/c1-5-8-11-16(6-2)14-18-15(4)17-12-9-10-13-19(17)24-20(18)21(22)23-7-3/h9-10,12-13,16,18,20H,4-8,11,14H2,1-3H3/t16-,18-,20+/m1/s1. The molecule has 0 bridgehead atoms. The second-order valence-electron chi connectivity index (χ2n) is 6.57. The van der Waals surface area contributed by atoms with Crippen molar-refractivity contribution in [1.29, 1.82) is 0 Å². The number of para-hydroxylation sites is 1. The molecule has 0 saturated carbocycles. The fourth-order valence-corrected chi connectivity index (χ4v) is 3.48. The van der Waals surface area contributed by atoms with Crippen molar-refractivity contribution in [3.63, 3.8) is 0 Å². The Labute approximate surface area is 146 Å². The van der Waals surface area contributed by atoms with E-state index in [1.54, 1.807) is 0 Å². The first-order chi connectivity index (χ1) is 11.6. The highest BCUT2D eigenvalue weighted by molar-refractivity contribution is 5.83. The molecule has 1 heterocycles. The van der Waals surface area contributed by atoms with Crippen LogP contribution in [0.25, 0.3) is 5.57 Å². The lowest BCUT2D eigenvalue weighted by atomic mass is 9.78. The van der Waals surface area contributed by atoms with Crippen LogP contribution in [0.15, 0.2) is 30.8 Å². The van der Waals surface area contributed by atoms with Gasteiger partial charge < -0.3 is 9.47 Å². The third-order valence-electron chi connectivity index (χ3n) is 4.95. The number of hydrogen-bond donors (Lipinski definition) is 0. The van der Waals surface area contributed by atoms with E-state index in [4.69, 9.17) is 9.47 Å². The first-order valence-corrected chi connectivity index (χ1v) is 9.23. The average Bonchev–Trinajstić information content (AvgIpc) is 2.60. The summed E-state index contributed by atoms with van der Waals surface area (Å²) in [6.45, 7) is 10.9. The Hall–Kier alpha value is -1.77. The number of benzene rings is 1. The van der Waals surface area contributed by atoms with Crippen molar-refractivity contribution in [1.82, 2.24) is 0 Å². The van der Waals surface area contributed by atoms with Gasteiger partial charge in [0.15, 0.2) is 0 Å². The van der Waals surface area contributed by atoms with Crippen LogP contribution in [0.4, 0.5) is 0 Å². The van der Waals surface area contributed by atoms with E-state index >= 15 is 0 Å². The fourth-order valence-electron chi connectivity index (χ4n) is 3.48. The van der Waals surface area contributed by atoms with E-state index in [-0.39, 0.29) is 11.9 Å². The summed E-state index contributed by atoms with van der Waals surface area (Å²) in [5, 5.41) is 0. The normalized spacial score (nSPS) is 20.9. The summed E-state index contributed by atoms with van der Waals surface area (Å²) in [5.41, 5.74) is 2.03. The monoisotopic (exact) mass is 330 g/mol. The van der Waals surface area contributed by atoms with Crippen molar-refractivity contribution in [2.24, 2.45) is 11.8 Å². The lowest BCUT2D eigenvalue weighted by Gasteiger charge is -2.35. The number of rotatable bonds is 8. The van der Waals surface area contributed by atoms with Crippen molar-refractivity contribution in [3.05, 3.63) is 36.4 Å². The molecule has 0 saturated heterocycles. The number of ether oxygens (including phenoxy) is 2. The molecule has 0 spiro atoms. The molecule has 1 aliphatic rings. The van der Waals surface area contributed by atoms with Crippen LogP contribution in [0.3, 0.4) is 0 Å². The number of hydrogen-bond acceptors (Lipinski definition) is 3. The molecule has 0 aromatic heterocycles. The first-order valence-electron chi connectivity index (χ1n) is 9.23. The minimum atomic E-state index is -0.581. The number of carbonyl (C=O) groups excluding carboxylic acids is 1. The van der Waals surface area contributed by atoms with Gasteiger partial charge in [-0.25, -0.2) is 4.79 Å². The van der Waals surface area contributed by atoms with Gasteiger partial charge >= 0.3 is 5.97 Å². The molecular weight excluding hydrogens is 300 g/mol. The maximum atomic E-state index is 12.5. The van der Waals surface area contributed by atoms with E-state index in [1.807, 2.05) is 31.2 Å². The van der Waals surface area contributed by atoms with E-state index in [1.165, 1.54) is 19.3 Å². The Kier molecular flexibility index (Phi) is 6.89. The Bertz CT molecular complexity index is 564. The molecule has 1 aliphatic heterocycles. The van der Waals surface area contributed by atoms with E-state index in [2.05, 4.69) is 20.4 Å². The largest absolute Gasteiger partial charge is 0.477 e. The molecule has 132 valence electrons. The van der Waals surface area contributed by atoms with Crippen LogP contribution < -0.4 is 4.74 Å². The molecule has 0 amide bonds. The molecule has 1 aromatic rings. The molecule has 0 aliphatic carbocycles. The highest BCUT2D eigenvalue weighted by atomic mass is 16.6. The maximum absolute atomic E-state index is 12.5. The molecule has 1 aromatic carbocycles. The SMILES string of the molecule is C=C1c2ccccc2O[C@H](C(=O)OCC)[C@@H]1C[C@H](CC)CCCC. The van der Waals surface area contributed by atoms with Gasteiger partial charge in [0, 0.05) is 11.5 Å². The van der Waals surface area contributed by atoms with Gasteiger partial charge in [0.05, 0.1) is 6.61 Å². The lowest BCUT2D eigenvalue weighted by Crippen LogP contribution is -2.41. The third kappa shape index (κ3) is 4.19. The Morgan fingerprint density at radius 1 is 1.29 bits per heavy atom. The summed E-state index contributed by atoms with van der Waals surface area (Å²) in [6, 6.07) is 7.84. The predicted molar refractivity (Wildman–Crippen MR) is 97.9 cm³/mol. The molecule has 3 atom stereocenters. The van der Waals surface area contributed by atoms with Crippen molar-refractivity contribution in [3.8, 4) is 5.75 Å². The summed E-state index contributed by atoms with van der Waals surface area (Å²) in [7, 11) is 0. The van der Waals surface area contributed by atoms with Crippen LogP contribution in [0.2, 0.25) is 0 Å². The first kappa shape index (κ1) is 18.6. The molecule has 0 radical (unpaired) electrons. The Balaban J connectivity index is 2.25. The highest BCUT2D eigenvalue weighted by Crippen LogP contribution is 2.42. The Morgan fingerprint density at radius 2 is 2.04 bits per heavy atom. The van der Waals surface area contributed by atoms with Gasteiger partial charge in [-0.1, -0.05) is 64.3 Å². The van der Waals surface area contributed by atoms with Crippen LogP contribution in [-0.4, -0.2) is 18.7 Å². The molecule has 3 nitrogen and oxygen atoms in total. The average molecular weight is 330 g/mol. The molecule has 24 heavy (non-hydrogen) atoms. The summed E-state index contributed by atoms with van der Waals surface area (Å²) < 4.78 is 11.3. The second-order valence-corrected chi connectivity index (χ2v) is 6.57. The molecule has 0 N–H and O–H groups in total. The lowest BCUT2D eigenvalue weighted by molar-refractivity contribution is -0.153. The van der Waals surface area contributed by atoms with Gasteiger partial charge in [0.25, 0.3) is 0 Å². The van der Waals surface area contributed by atoms with E-state index in [0.29, 0.717) is 12.5 Å². The topological polar surface area (TPSA) is 35.5 Å². The van der Waals surface area contributed by atoms with Crippen molar-refractivity contribution < 1.29 is 14.3 Å². The fraction of sp³-hybridized carbons (Fsp3) is 0.571. The van der Waals surface area contributed by atoms with Gasteiger partial charge in [-0.15, -0.1) is 0 Å². The minimum Gasteiger partial charge on any atom is -0.477 e.